The van der Waals surface area contributed by atoms with Gasteiger partial charge < -0.3 is 0 Å². The second kappa shape index (κ2) is 4.93. The Morgan fingerprint density at radius 1 is 0.762 bits per heavy atom. The fourth-order valence-corrected chi connectivity index (χ4v) is 2.97. The predicted molar refractivity (Wildman–Crippen MR) is 90.2 cm³/mol. The molecule has 0 aliphatic carbocycles. The van der Waals surface area contributed by atoms with Crippen LogP contribution in [0.1, 0.15) is 0 Å². The van der Waals surface area contributed by atoms with E-state index >= 15 is 0 Å². The van der Waals surface area contributed by atoms with Crippen molar-refractivity contribution in [3.63, 3.8) is 0 Å². The van der Waals surface area contributed by atoms with E-state index in [4.69, 9.17) is 4.98 Å². The Kier molecular flexibility index (Phi) is 2.93. The SMILES string of the molecule is Brc1cccc(-c2ccc3c(ccc4ncccc43)n2)c1. The van der Waals surface area contributed by atoms with Crippen LogP contribution in [0.4, 0.5) is 0 Å². The molecular weight excluding hydrogens is 324 g/mol. The fourth-order valence-electron chi connectivity index (χ4n) is 2.57. The molecule has 0 fully saturated rings. The van der Waals surface area contributed by atoms with Crippen molar-refractivity contribution in [2.24, 2.45) is 0 Å². The molecule has 100 valence electrons. The standard InChI is InChI=1S/C18H11BrN2/c19-13-4-1-3-12(11-13)16-7-6-15-14-5-2-10-20-17(14)8-9-18(15)21-16/h1-11H. The van der Waals surface area contributed by atoms with E-state index in [1.165, 1.54) is 0 Å². The molecule has 3 heteroatoms. The fraction of sp³-hybridized carbons (Fsp3) is 0. The van der Waals surface area contributed by atoms with Gasteiger partial charge in [-0.1, -0.05) is 34.1 Å². The highest BCUT2D eigenvalue weighted by molar-refractivity contribution is 9.10. The van der Waals surface area contributed by atoms with Gasteiger partial charge in [-0.25, -0.2) is 4.98 Å². The van der Waals surface area contributed by atoms with Crippen molar-refractivity contribution in [1.82, 2.24) is 9.97 Å². The molecule has 0 atom stereocenters. The van der Waals surface area contributed by atoms with Crippen LogP contribution in [0.25, 0.3) is 33.1 Å². The summed E-state index contributed by atoms with van der Waals surface area (Å²) in [7, 11) is 0. The summed E-state index contributed by atoms with van der Waals surface area (Å²) in [4.78, 5) is 9.18. The summed E-state index contributed by atoms with van der Waals surface area (Å²) in [5, 5.41) is 2.28. The first-order valence-corrected chi connectivity index (χ1v) is 7.51. The van der Waals surface area contributed by atoms with E-state index in [2.05, 4.69) is 51.2 Å². The Hall–Kier alpha value is -2.26. The Balaban J connectivity index is 1.97. The van der Waals surface area contributed by atoms with Crippen LogP contribution in [0.2, 0.25) is 0 Å². The minimum Gasteiger partial charge on any atom is -0.256 e. The minimum absolute atomic E-state index is 0.979. The van der Waals surface area contributed by atoms with Gasteiger partial charge in [0.25, 0.3) is 0 Å². The molecule has 2 heterocycles. The van der Waals surface area contributed by atoms with Crippen LogP contribution in [0, 0.1) is 0 Å². The second-order valence-corrected chi connectivity index (χ2v) is 5.82. The van der Waals surface area contributed by atoms with Crippen molar-refractivity contribution in [3.8, 4) is 11.3 Å². The normalized spacial score (nSPS) is 11.1. The lowest BCUT2D eigenvalue weighted by Crippen LogP contribution is -1.87. The molecule has 0 unspecified atom stereocenters. The summed E-state index contributed by atoms with van der Waals surface area (Å²) in [6.07, 6.45) is 1.82. The number of hydrogen-bond acceptors (Lipinski definition) is 2. The van der Waals surface area contributed by atoms with E-state index in [1.54, 1.807) is 0 Å². The van der Waals surface area contributed by atoms with Crippen molar-refractivity contribution in [3.05, 3.63) is 71.3 Å². The molecule has 0 saturated carbocycles. The third-order valence-electron chi connectivity index (χ3n) is 3.57. The molecule has 2 nitrogen and oxygen atoms in total. The number of hydrogen-bond donors (Lipinski definition) is 0. The zero-order valence-electron chi connectivity index (χ0n) is 11.1. The van der Waals surface area contributed by atoms with Gasteiger partial charge in [0.1, 0.15) is 0 Å². The molecule has 2 aromatic carbocycles. The number of rotatable bonds is 1. The summed E-state index contributed by atoms with van der Waals surface area (Å²) >= 11 is 3.51. The lowest BCUT2D eigenvalue weighted by Gasteiger charge is -2.06. The average molecular weight is 335 g/mol. The molecule has 0 bridgehead atoms. The van der Waals surface area contributed by atoms with E-state index in [9.17, 15) is 0 Å². The van der Waals surface area contributed by atoms with E-state index in [0.717, 1.165) is 37.5 Å². The quantitative estimate of drug-likeness (QED) is 0.446. The molecular formula is C18H11BrN2. The maximum absolute atomic E-state index is 4.79. The average Bonchev–Trinajstić information content (AvgIpc) is 2.54. The third kappa shape index (κ3) is 2.20. The molecule has 0 spiro atoms. The van der Waals surface area contributed by atoms with Crippen molar-refractivity contribution in [2.75, 3.05) is 0 Å². The number of benzene rings is 2. The number of fused-ring (bicyclic) bond motifs is 3. The molecule has 0 N–H and O–H groups in total. The van der Waals surface area contributed by atoms with Gasteiger partial charge >= 0.3 is 0 Å². The van der Waals surface area contributed by atoms with E-state index in [-0.39, 0.29) is 0 Å². The molecule has 0 saturated heterocycles. The first-order chi connectivity index (χ1) is 10.3. The van der Waals surface area contributed by atoms with Crippen LogP contribution in [0.5, 0.6) is 0 Å². The summed E-state index contributed by atoms with van der Waals surface area (Å²) in [5.74, 6) is 0. The van der Waals surface area contributed by atoms with Crippen LogP contribution in [-0.2, 0) is 0 Å². The molecule has 0 radical (unpaired) electrons. The second-order valence-electron chi connectivity index (χ2n) is 4.91. The van der Waals surface area contributed by atoms with Gasteiger partial charge in [-0.05, 0) is 42.5 Å². The monoisotopic (exact) mass is 334 g/mol. The van der Waals surface area contributed by atoms with Gasteiger partial charge in [0, 0.05) is 27.0 Å². The van der Waals surface area contributed by atoms with E-state index < -0.39 is 0 Å². The third-order valence-corrected chi connectivity index (χ3v) is 4.07. The van der Waals surface area contributed by atoms with Crippen LogP contribution >= 0.6 is 15.9 Å². The Bertz CT molecular complexity index is 963. The molecule has 4 rings (SSSR count). The van der Waals surface area contributed by atoms with Crippen molar-refractivity contribution in [2.45, 2.75) is 0 Å². The molecule has 0 aliphatic rings. The molecule has 0 amide bonds. The Labute approximate surface area is 130 Å². The summed E-state index contributed by atoms with van der Waals surface area (Å²) in [5.41, 5.74) is 4.08. The summed E-state index contributed by atoms with van der Waals surface area (Å²) in [6, 6.07) is 20.5. The van der Waals surface area contributed by atoms with Gasteiger partial charge in [-0.2, -0.15) is 0 Å². The van der Waals surface area contributed by atoms with E-state index in [0.29, 0.717) is 0 Å². The number of halogens is 1. The number of pyridine rings is 2. The number of nitrogens with zero attached hydrogens (tertiary/aromatic N) is 2. The topological polar surface area (TPSA) is 25.8 Å². The lowest BCUT2D eigenvalue weighted by molar-refractivity contribution is 1.38. The van der Waals surface area contributed by atoms with Crippen LogP contribution in [-0.4, -0.2) is 9.97 Å². The van der Waals surface area contributed by atoms with Crippen LogP contribution in [0.15, 0.2) is 71.3 Å². The molecule has 0 aliphatic heterocycles. The molecule has 2 aromatic heterocycles. The highest BCUT2D eigenvalue weighted by Crippen LogP contribution is 2.27. The van der Waals surface area contributed by atoms with Crippen LogP contribution < -0.4 is 0 Å². The van der Waals surface area contributed by atoms with Gasteiger partial charge in [-0.3, -0.25) is 4.98 Å². The highest BCUT2D eigenvalue weighted by Gasteiger charge is 2.05. The van der Waals surface area contributed by atoms with Crippen LogP contribution in [0.3, 0.4) is 0 Å². The Morgan fingerprint density at radius 2 is 1.62 bits per heavy atom. The number of aromatic nitrogens is 2. The van der Waals surface area contributed by atoms with Gasteiger partial charge in [0.2, 0.25) is 0 Å². The predicted octanol–water partition coefficient (Wildman–Crippen LogP) is 5.21. The van der Waals surface area contributed by atoms with Gasteiger partial charge in [-0.15, -0.1) is 0 Å². The zero-order chi connectivity index (χ0) is 14.2. The molecule has 4 aromatic rings. The molecule has 21 heavy (non-hydrogen) atoms. The smallest absolute Gasteiger partial charge is 0.0717 e. The van der Waals surface area contributed by atoms with Gasteiger partial charge in [0.15, 0.2) is 0 Å². The highest BCUT2D eigenvalue weighted by atomic mass is 79.9. The summed E-state index contributed by atoms with van der Waals surface area (Å²) < 4.78 is 1.06. The van der Waals surface area contributed by atoms with Crippen molar-refractivity contribution < 1.29 is 0 Å². The van der Waals surface area contributed by atoms with Gasteiger partial charge in [0.05, 0.1) is 16.7 Å². The first kappa shape index (κ1) is 12.5. The van der Waals surface area contributed by atoms with Crippen molar-refractivity contribution in [1.29, 1.82) is 0 Å². The zero-order valence-corrected chi connectivity index (χ0v) is 12.7. The van der Waals surface area contributed by atoms with E-state index in [1.807, 2.05) is 36.5 Å². The largest absolute Gasteiger partial charge is 0.256 e. The maximum atomic E-state index is 4.79. The maximum Gasteiger partial charge on any atom is 0.0717 e. The minimum atomic E-state index is 0.979. The first-order valence-electron chi connectivity index (χ1n) is 6.72. The summed E-state index contributed by atoms with van der Waals surface area (Å²) in [6.45, 7) is 0. The Morgan fingerprint density at radius 3 is 2.52 bits per heavy atom. The van der Waals surface area contributed by atoms with Crippen molar-refractivity contribution >= 4 is 37.7 Å². The lowest BCUT2D eigenvalue weighted by atomic mass is 10.1.